The molecule has 0 spiro atoms. The van der Waals surface area contributed by atoms with Crippen LogP contribution in [0.5, 0.6) is 0 Å². The van der Waals surface area contributed by atoms with Crippen LogP contribution in [0.25, 0.3) is 0 Å². The predicted octanol–water partition coefficient (Wildman–Crippen LogP) is 0.241. The van der Waals surface area contributed by atoms with Gasteiger partial charge in [0.25, 0.3) is 0 Å². The van der Waals surface area contributed by atoms with Crippen molar-refractivity contribution >= 4 is 6.09 Å². The summed E-state index contributed by atoms with van der Waals surface area (Å²) in [7, 11) is 0. The van der Waals surface area contributed by atoms with Crippen molar-refractivity contribution in [3.63, 3.8) is 0 Å². The Bertz CT molecular complexity index is 129. The van der Waals surface area contributed by atoms with Gasteiger partial charge in [0.2, 0.25) is 0 Å². The molecule has 0 aromatic rings. The third-order valence-electron chi connectivity index (χ3n) is 0.723. The molecular formula is C8H19NO4. The van der Waals surface area contributed by atoms with Gasteiger partial charge in [-0.25, -0.2) is 4.79 Å². The Balaban J connectivity index is 0. The molecule has 0 bridgehead atoms. The second kappa shape index (κ2) is 7.82. The minimum atomic E-state index is -0.725. The Kier molecular flexibility index (Phi) is 8.84. The lowest BCUT2D eigenvalue weighted by Crippen LogP contribution is -2.27. The van der Waals surface area contributed by atoms with Crippen molar-refractivity contribution in [2.75, 3.05) is 13.2 Å². The van der Waals surface area contributed by atoms with Gasteiger partial charge < -0.3 is 20.7 Å². The van der Waals surface area contributed by atoms with Crippen molar-refractivity contribution < 1.29 is 19.7 Å². The molecule has 0 atom stereocenters. The maximum atomic E-state index is 10.0. The molecule has 0 aromatic carbocycles. The number of ether oxygens (including phenoxy) is 1. The van der Waals surface area contributed by atoms with Gasteiger partial charge in [-0.3, -0.25) is 0 Å². The highest BCUT2D eigenvalue weighted by Gasteiger charge is 2.12. The van der Waals surface area contributed by atoms with Crippen LogP contribution in [0.4, 0.5) is 4.79 Å². The number of primary amides is 1. The molecular weight excluding hydrogens is 174 g/mol. The van der Waals surface area contributed by atoms with Crippen molar-refractivity contribution in [3.8, 4) is 0 Å². The molecule has 0 heterocycles. The largest absolute Gasteiger partial charge is 0.444 e. The topological polar surface area (TPSA) is 92.8 Å². The minimum Gasteiger partial charge on any atom is -0.444 e. The van der Waals surface area contributed by atoms with Crippen LogP contribution in [-0.2, 0) is 4.74 Å². The monoisotopic (exact) mass is 193 g/mol. The summed E-state index contributed by atoms with van der Waals surface area (Å²) in [5.41, 5.74) is 4.26. The predicted molar refractivity (Wildman–Crippen MR) is 49.2 cm³/mol. The first kappa shape index (κ1) is 14.7. The van der Waals surface area contributed by atoms with Crippen LogP contribution < -0.4 is 5.73 Å². The average molecular weight is 193 g/mol. The first-order valence-electron chi connectivity index (χ1n) is 4.03. The Hall–Kier alpha value is -0.810. The Morgan fingerprint density at radius 2 is 1.69 bits per heavy atom. The number of hydrogen-bond donors (Lipinski definition) is 3. The number of hydrogen-bond acceptors (Lipinski definition) is 4. The summed E-state index contributed by atoms with van der Waals surface area (Å²) in [6.07, 6.45) is -0.225. The van der Waals surface area contributed by atoms with E-state index in [9.17, 15) is 4.79 Å². The number of carbonyl (C=O) groups is 1. The van der Waals surface area contributed by atoms with Gasteiger partial charge in [-0.15, -0.1) is 0 Å². The SMILES string of the molecule is CC(C)(C)OC(N)=O.OCCCO. The lowest BCUT2D eigenvalue weighted by molar-refractivity contribution is 0.0600. The van der Waals surface area contributed by atoms with Crippen molar-refractivity contribution in [1.82, 2.24) is 0 Å². The molecule has 0 aliphatic rings. The van der Waals surface area contributed by atoms with Crippen LogP contribution in [0.15, 0.2) is 0 Å². The van der Waals surface area contributed by atoms with Crippen molar-refractivity contribution in [3.05, 3.63) is 0 Å². The third-order valence-corrected chi connectivity index (χ3v) is 0.723. The first-order valence-corrected chi connectivity index (χ1v) is 4.03. The molecule has 0 aliphatic heterocycles. The normalized spacial score (nSPS) is 9.92. The Morgan fingerprint density at radius 1 is 1.31 bits per heavy atom. The minimum absolute atomic E-state index is 0.0938. The van der Waals surface area contributed by atoms with Crippen LogP contribution in [0.3, 0.4) is 0 Å². The Labute approximate surface area is 78.5 Å². The fourth-order valence-corrected chi connectivity index (χ4v) is 0.372. The zero-order chi connectivity index (χ0) is 10.9. The molecule has 5 nitrogen and oxygen atoms in total. The maximum Gasteiger partial charge on any atom is 0.405 e. The lowest BCUT2D eigenvalue weighted by Gasteiger charge is -2.16. The molecule has 0 unspecified atom stereocenters. The van der Waals surface area contributed by atoms with Crippen LogP contribution >= 0.6 is 0 Å². The van der Waals surface area contributed by atoms with E-state index >= 15 is 0 Å². The van der Waals surface area contributed by atoms with E-state index in [1.807, 2.05) is 0 Å². The molecule has 5 heteroatoms. The molecule has 13 heavy (non-hydrogen) atoms. The van der Waals surface area contributed by atoms with Gasteiger partial charge in [0.05, 0.1) is 0 Å². The van der Waals surface area contributed by atoms with Gasteiger partial charge in [0.15, 0.2) is 0 Å². The quantitative estimate of drug-likeness (QED) is 0.585. The molecule has 0 aromatic heterocycles. The number of nitrogens with two attached hydrogens (primary N) is 1. The van der Waals surface area contributed by atoms with Crippen LogP contribution in [0.1, 0.15) is 27.2 Å². The summed E-state index contributed by atoms with van der Waals surface area (Å²) in [4.78, 5) is 10.0. The standard InChI is InChI=1S/C5H11NO2.C3H8O2/c1-5(2,3)8-4(6)7;4-2-1-3-5/h1-3H3,(H2,6,7);4-5H,1-3H2. The van der Waals surface area contributed by atoms with Gasteiger partial charge in [0.1, 0.15) is 5.60 Å². The number of aliphatic hydroxyl groups is 2. The van der Waals surface area contributed by atoms with E-state index in [-0.39, 0.29) is 13.2 Å². The highest BCUT2D eigenvalue weighted by atomic mass is 16.6. The summed E-state index contributed by atoms with van der Waals surface area (Å²) < 4.78 is 4.58. The summed E-state index contributed by atoms with van der Waals surface area (Å²) in [5, 5.41) is 15.8. The molecule has 0 saturated heterocycles. The summed E-state index contributed by atoms with van der Waals surface area (Å²) in [6, 6.07) is 0. The van der Waals surface area contributed by atoms with E-state index in [1.54, 1.807) is 20.8 Å². The van der Waals surface area contributed by atoms with Crippen LogP contribution in [0, 0.1) is 0 Å². The van der Waals surface area contributed by atoms with E-state index in [1.165, 1.54) is 0 Å². The van der Waals surface area contributed by atoms with Crippen LogP contribution in [0.2, 0.25) is 0 Å². The van der Waals surface area contributed by atoms with Crippen molar-refractivity contribution in [2.24, 2.45) is 5.73 Å². The molecule has 1 amide bonds. The summed E-state index contributed by atoms with van der Waals surface area (Å²) >= 11 is 0. The lowest BCUT2D eigenvalue weighted by atomic mass is 10.2. The number of aliphatic hydroxyl groups excluding tert-OH is 2. The van der Waals surface area contributed by atoms with Gasteiger partial charge in [-0.1, -0.05) is 0 Å². The van der Waals surface area contributed by atoms with Gasteiger partial charge in [0, 0.05) is 13.2 Å². The Morgan fingerprint density at radius 3 is 1.69 bits per heavy atom. The molecule has 0 saturated carbocycles. The highest BCUT2D eigenvalue weighted by molar-refractivity contribution is 5.65. The maximum absolute atomic E-state index is 10.0. The zero-order valence-electron chi connectivity index (χ0n) is 8.41. The molecule has 0 rings (SSSR count). The number of rotatable bonds is 2. The number of amides is 1. The molecule has 0 aliphatic carbocycles. The fraction of sp³-hybridized carbons (Fsp3) is 0.875. The summed E-state index contributed by atoms with van der Waals surface area (Å²) in [6.45, 7) is 5.47. The summed E-state index contributed by atoms with van der Waals surface area (Å²) in [5.74, 6) is 0. The zero-order valence-corrected chi connectivity index (χ0v) is 8.41. The smallest absolute Gasteiger partial charge is 0.405 e. The van der Waals surface area contributed by atoms with Crippen molar-refractivity contribution in [2.45, 2.75) is 32.8 Å². The van der Waals surface area contributed by atoms with E-state index in [2.05, 4.69) is 4.74 Å². The van der Waals surface area contributed by atoms with E-state index in [0.717, 1.165) is 0 Å². The molecule has 0 radical (unpaired) electrons. The van der Waals surface area contributed by atoms with E-state index in [4.69, 9.17) is 15.9 Å². The second-order valence-electron chi connectivity index (χ2n) is 3.33. The second-order valence-corrected chi connectivity index (χ2v) is 3.33. The van der Waals surface area contributed by atoms with Crippen LogP contribution in [-0.4, -0.2) is 35.1 Å². The fourth-order valence-electron chi connectivity index (χ4n) is 0.372. The van der Waals surface area contributed by atoms with E-state index in [0.29, 0.717) is 6.42 Å². The van der Waals surface area contributed by atoms with Gasteiger partial charge >= 0.3 is 6.09 Å². The van der Waals surface area contributed by atoms with E-state index < -0.39 is 11.7 Å². The van der Waals surface area contributed by atoms with Gasteiger partial charge in [-0.2, -0.15) is 0 Å². The molecule has 80 valence electrons. The van der Waals surface area contributed by atoms with Gasteiger partial charge in [-0.05, 0) is 27.2 Å². The highest BCUT2D eigenvalue weighted by Crippen LogP contribution is 2.04. The molecule has 0 fully saturated rings. The van der Waals surface area contributed by atoms with Crippen molar-refractivity contribution in [1.29, 1.82) is 0 Å². The number of carbonyl (C=O) groups excluding carboxylic acids is 1. The first-order chi connectivity index (χ1) is 5.83. The molecule has 4 N–H and O–H groups in total. The average Bonchev–Trinajstić information content (AvgIpc) is 1.84. The third kappa shape index (κ3) is 24.7.